The summed E-state index contributed by atoms with van der Waals surface area (Å²) >= 11 is 1.64. The molecule has 6 heteroatoms. The van der Waals surface area contributed by atoms with Gasteiger partial charge in [-0.25, -0.2) is 0 Å². The molecule has 0 N–H and O–H groups in total. The Hall–Kier alpha value is -2.47. The van der Waals surface area contributed by atoms with Crippen LogP contribution in [0.15, 0.2) is 34.9 Å². The lowest BCUT2D eigenvalue weighted by atomic mass is 9.91. The highest BCUT2D eigenvalue weighted by Crippen LogP contribution is 2.40. The minimum atomic E-state index is 0.132. The molecule has 3 aromatic rings. The largest absolute Gasteiger partial charge is 0.339 e. The second kappa shape index (κ2) is 6.60. The third-order valence-corrected chi connectivity index (χ3v) is 6.75. The smallest absolute Gasteiger partial charge is 0.263 e. The van der Waals surface area contributed by atoms with Crippen LogP contribution >= 0.6 is 11.3 Å². The number of aromatic nitrogens is 2. The van der Waals surface area contributed by atoms with E-state index in [1.807, 2.05) is 11.8 Å². The van der Waals surface area contributed by atoms with Gasteiger partial charge in [0.1, 0.15) is 0 Å². The first-order valence-corrected chi connectivity index (χ1v) is 10.3. The van der Waals surface area contributed by atoms with Gasteiger partial charge in [-0.1, -0.05) is 29.4 Å². The molecule has 5 nitrogen and oxygen atoms in total. The number of carbonyl (C=O) groups excluding carboxylic acids is 1. The van der Waals surface area contributed by atoms with Crippen LogP contribution in [0.1, 0.15) is 51.3 Å². The van der Waals surface area contributed by atoms with Gasteiger partial charge in [0.25, 0.3) is 5.91 Å². The Kier molecular flexibility index (Phi) is 4.08. The van der Waals surface area contributed by atoms with Crippen LogP contribution in [0.4, 0.5) is 0 Å². The summed E-state index contributed by atoms with van der Waals surface area (Å²) in [6.07, 6.45) is 4.02. The molecular weight excluding hydrogens is 358 g/mol. The van der Waals surface area contributed by atoms with Gasteiger partial charge in [-0.3, -0.25) is 4.79 Å². The third-order valence-electron chi connectivity index (χ3n) is 5.55. The lowest BCUT2D eigenvalue weighted by Gasteiger charge is -2.30. The Morgan fingerprint density at radius 1 is 1.26 bits per heavy atom. The van der Waals surface area contributed by atoms with E-state index in [9.17, 15) is 4.79 Å². The molecule has 1 saturated heterocycles. The molecule has 27 heavy (non-hydrogen) atoms. The Morgan fingerprint density at radius 2 is 2.11 bits per heavy atom. The van der Waals surface area contributed by atoms with E-state index < -0.39 is 0 Å². The van der Waals surface area contributed by atoms with Crippen LogP contribution in [0.2, 0.25) is 0 Å². The fourth-order valence-corrected chi connectivity index (χ4v) is 5.41. The summed E-state index contributed by atoms with van der Waals surface area (Å²) in [5.74, 6) is 1.58. The summed E-state index contributed by atoms with van der Waals surface area (Å²) in [6.45, 7) is 3.27. The van der Waals surface area contributed by atoms with Crippen molar-refractivity contribution >= 4 is 17.2 Å². The molecule has 2 aromatic heterocycles. The molecule has 3 heterocycles. The number of benzene rings is 1. The zero-order chi connectivity index (χ0) is 18.4. The van der Waals surface area contributed by atoms with Crippen LogP contribution in [-0.4, -0.2) is 34.0 Å². The number of thiophene rings is 1. The van der Waals surface area contributed by atoms with Crippen LogP contribution in [0.25, 0.3) is 10.4 Å². The number of piperidine rings is 1. The van der Waals surface area contributed by atoms with E-state index >= 15 is 0 Å². The fourth-order valence-electron chi connectivity index (χ4n) is 4.17. The lowest BCUT2D eigenvalue weighted by Crippen LogP contribution is -2.38. The summed E-state index contributed by atoms with van der Waals surface area (Å²) in [5.41, 5.74) is 3.99. The molecule has 1 fully saturated rings. The van der Waals surface area contributed by atoms with Crippen LogP contribution in [-0.2, 0) is 12.8 Å². The second-order valence-electron chi connectivity index (χ2n) is 7.39. The summed E-state index contributed by atoms with van der Waals surface area (Å²) in [5, 5.41) is 3.90. The first-order valence-electron chi connectivity index (χ1n) is 9.49. The van der Waals surface area contributed by atoms with Crippen LogP contribution in [0.5, 0.6) is 0 Å². The minimum Gasteiger partial charge on any atom is -0.339 e. The van der Waals surface area contributed by atoms with Gasteiger partial charge in [-0.15, -0.1) is 11.3 Å². The van der Waals surface area contributed by atoms with Gasteiger partial charge in [0.2, 0.25) is 5.89 Å². The molecule has 1 aliphatic carbocycles. The summed E-state index contributed by atoms with van der Waals surface area (Å²) < 4.78 is 5.35. The van der Waals surface area contributed by atoms with E-state index in [1.54, 1.807) is 11.3 Å². The van der Waals surface area contributed by atoms with E-state index in [4.69, 9.17) is 4.52 Å². The van der Waals surface area contributed by atoms with Gasteiger partial charge in [-0.2, -0.15) is 4.98 Å². The van der Waals surface area contributed by atoms with Crippen molar-refractivity contribution in [2.24, 2.45) is 0 Å². The molecule has 138 valence electrons. The predicted molar refractivity (Wildman–Crippen MR) is 104 cm³/mol. The van der Waals surface area contributed by atoms with Gasteiger partial charge >= 0.3 is 0 Å². The molecule has 0 bridgehead atoms. The van der Waals surface area contributed by atoms with Crippen molar-refractivity contribution in [3.8, 4) is 10.4 Å². The Morgan fingerprint density at radius 3 is 2.96 bits per heavy atom. The van der Waals surface area contributed by atoms with E-state index in [-0.39, 0.29) is 11.8 Å². The topological polar surface area (TPSA) is 59.2 Å². The zero-order valence-electron chi connectivity index (χ0n) is 15.3. The molecule has 0 radical (unpaired) electrons. The maximum Gasteiger partial charge on any atom is 0.263 e. The summed E-state index contributed by atoms with van der Waals surface area (Å²) in [6, 6.07) is 10.7. The SMILES string of the molecule is Cc1noc(C2CCCN(C(=O)c3cc4c(s3)-c3ccccc3CC4)C2)n1. The predicted octanol–water partition coefficient (Wildman–Crippen LogP) is 4.22. The standard InChI is InChI=1S/C21H21N3O2S/c1-13-22-20(26-23-13)16-6-4-10-24(12-16)21(25)18-11-15-9-8-14-5-2-3-7-17(14)19(15)27-18/h2-3,5,7,11,16H,4,6,8-10,12H2,1H3. The molecule has 1 aliphatic heterocycles. The van der Waals surface area contributed by atoms with Gasteiger partial charge in [0.15, 0.2) is 5.82 Å². The zero-order valence-corrected chi connectivity index (χ0v) is 16.1. The number of nitrogens with zero attached hydrogens (tertiary/aromatic N) is 3. The molecule has 1 unspecified atom stereocenters. The fraction of sp³-hybridized carbons (Fsp3) is 0.381. The minimum absolute atomic E-state index is 0.132. The van der Waals surface area contributed by atoms with Gasteiger partial charge in [0, 0.05) is 18.0 Å². The highest BCUT2D eigenvalue weighted by Gasteiger charge is 2.30. The molecule has 5 rings (SSSR count). The molecule has 1 amide bonds. The quantitative estimate of drug-likeness (QED) is 0.669. The molecule has 0 saturated carbocycles. The molecular formula is C21H21N3O2S. The summed E-state index contributed by atoms with van der Waals surface area (Å²) in [4.78, 5) is 21.6. The first-order chi connectivity index (χ1) is 13.2. The number of amides is 1. The van der Waals surface area contributed by atoms with Crippen molar-refractivity contribution in [1.29, 1.82) is 0 Å². The van der Waals surface area contributed by atoms with E-state index in [1.165, 1.54) is 21.6 Å². The number of hydrogen-bond donors (Lipinski definition) is 0. The number of fused-ring (bicyclic) bond motifs is 3. The Bertz CT molecular complexity index is 1010. The van der Waals surface area contributed by atoms with Crippen molar-refractivity contribution in [3.63, 3.8) is 0 Å². The number of aryl methyl sites for hydroxylation is 3. The number of rotatable bonds is 2. The lowest BCUT2D eigenvalue weighted by molar-refractivity contribution is 0.0700. The number of hydrogen-bond acceptors (Lipinski definition) is 5. The number of likely N-dealkylation sites (tertiary alicyclic amines) is 1. The monoisotopic (exact) mass is 379 g/mol. The van der Waals surface area contributed by atoms with Crippen molar-refractivity contribution < 1.29 is 9.32 Å². The van der Waals surface area contributed by atoms with Crippen LogP contribution in [0.3, 0.4) is 0 Å². The van der Waals surface area contributed by atoms with Gasteiger partial charge in [-0.05, 0) is 55.4 Å². The van der Waals surface area contributed by atoms with Crippen LogP contribution < -0.4 is 0 Å². The van der Waals surface area contributed by atoms with E-state index in [0.29, 0.717) is 18.3 Å². The molecule has 1 aromatic carbocycles. The van der Waals surface area contributed by atoms with Gasteiger partial charge in [0.05, 0.1) is 10.8 Å². The normalized spacial score (nSPS) is 18.9. The Balaban J connectivity index is 1.40. The average molecular weight is 379 g/mol. The van der Waals surface area contributed by atoms with Crippen molar-refractivity contribution in [3.05, 3.63) is 58.1 Å². The molecule has 2 aliphatic rings. The van der Waals surface area contributed by atoms with Crippen molar-refractivity contribution in [1.82, 2.24) is 15.0 Å². The maximum absolute atomic E-state index is 13.2. The highest BCUT2D eigenvalue weighted by atomic mass is 32.1. The Labute approximate surface area is 162 Å². The third kappa shape index (κ3) is 2.98. The van der Waals surface area contributed by atoms with E-state index in [2.05, 4.69) is 40.5 Å². The van der Waals surface area contributed by atoms with Crippen LogP contribution in [0, 0.1) is 6.92 Å². The highest BCUT2D eigenvalue weighted by molar-refractivity contribution is 7.17. The average Bonchev–Trinajstić information content (AvgIpc) is 3.34. The van der Waals surface area contributed by atoms with E-state index in [0.717, 1.165) is 37.1 Å². The van der Waals surface area contributed by atoms with Gasteiger partial charge < -0.3 is 9.42 Å². The maximum atomic E-state index is 13.2. The molecule has 0 spiro atoms. The molecule has 1 atom stereocenters. The first kappa shape index (κ1) is 16.7. The van der Waals surface area contributed by atoms with Crippen molar-refractivity contribution in [2.75, 3.05) is 13.1 Å². The second-order valence-corrected chi connectivity index (χ2v) is 8.44. The summed E-state index contributed by atoms with van der Waals surface area (Å²) in [7, 11) is 0. The van der Waals surface area contributed by atoms with Crippen molar-refractivity contribution in [2.45, 2.75) is 38.5 Å². The number of carbonyl (C=O) groups is 1.